The minimum absolute atomic E-state index is 0.00358. The number of pyridine rings is 2. The number of hydrogen-bond donors (Lipinski definition) is 3. The van der Waals surface area contributed by atoms with Crippen LogP contribution in [0.2, 0.25) is 5.02 Å². The molecule has 0 aliphatic rings. The number of rotatable bonds is 5. The molecule has 1 amide bonds. The van der Waals surface area contributed by atoms with Crippen molar-refractivity contribution in [2.75, 3.05) is 18.6 Å². The Kier molecular flexibility index (Phi) is 5.87. The number of nitrogen functional groups attached to an aromatic ring is 2. The Balaban J connectivity index is 2.10. The van der Waals surface area contributed by atoms with Crippen molar-refractivity contribution in [2.45, 2.75) is 0 Å². The second-order valence-corrected chi connectivity index (χ2v) is 8.26. The normalized spacial score (nSPS) is 11.1. The van der Waals surface area contributed by atoms with Gasteiger partial charge in [0.1, 0.15) is 32.9 Å². The van der Waals surface area contributed by atoms with E-state index in [9.17, 15) is 10.1 Å². The maximum atomic E-state index is 11.9. The summed E-state index contributed by atoms with van der Waals surface area (Å²) in [6.45, 7) is 0. The maximum Gasteiger partial charge on any atom is 0.260 e. The molecule has 1 aromatic carbocycles. The molecule has 4 rings (SSSR count). The summed E-state index contributed by atoms with van der Waals surface area (Å²) in [5, 5.41) is 10.6. The van der Waals surface area contributed by atoms with E-state index in [4.69, 9.17) is 33.5 Å². The van der Waals surface area contributed by atoms with Gasteiger partial charge < -0.3 is 21.9 Å². The summed E-state index contributed by atoms with van der Waals surface area (Å²) in [4.78, 5) is 21.0. The third-order valence-corrected chi connectivity index (χ3v) is 6.49. The first kappa shape index (κ1) is 22.1. The van der Waals surface area contributed by atoms with E-state index in [2.05, 4.69) is 16.0 Å². The van der Waals surface area contributed by atoms with Gasteiger partial charge in [-0.3, -0.25) is 9.78 Å². The van der Waals surface area contributed by atoms with Crippen molar-refractivity contribution in [2.24, 2.45) is 5.73 Å². The average Bonchev–Trinajstić information content (AvgIpc) is 3.14. The summed E-state index contributed by atoms with van der Waals surface area (Å²) in [5.41, 5.74) is 20.4. The zero-order valence-corrected chi connectivity index (χ0v) is 18.9. The lowest BCUT2D eigenvalue weighted by molar-refractivity contribution is 0.100. The second kappa shape index (κ2) is 8.78. The van der Waals surface area contributed by atoms with E-state index in [1.54, 1.807) is 30.5 Å². The number of halogens is 1. The predicted octanol–water partition coefficient (Wildman–Crippen LogP) is 4.33. The van der Waals surface area contributed by atoms with Gasteiger partial charge in [-0.05, 0) is 35.9 Å². The molecule has 3 heterocycles. The van der Waals surface area contributed by atoms with Gasteiger partial charge in [0, 0.05) is 22.7 Å². The van der Waals surface area contributed by atoms with E-state index < -0.39 is 5.91 Å². The molecular formula is C23H17ClN6O2S. The minimum Gasteiger partial charge on any atom is -0.495 e. The Bertz CT molecular complexity index is 1470. The number of aromatic nitrogens is 2. The fourth-order valence-electron chi connectivity index (χ4n) is 3.49. The molecule has 4 aromatic rings. The van der Waals surface area contributed by atoms with Crippen LogP contribution in [-0.4, -0.2) is 23.0 Å². The van der Waals surface area contributed by atoms with E-state index in [1.807, 2.05) is 18.2 Å². The van der Waals surface area contributed by atoms with Crippen molar-refractivity contribution in [3.63, 3.8) is 0 Å². The van der Waals surface area contributed by atoms with Gasteiger partial charge in [-0.2, -0.15) is 5.26 Å². The van der Waals surface area contributed by atoms with Crippen molar-refractivity contribution >= 4 is 62.7 Å². The van der Waals surface area contributed by atoms with Crippen LogP contribution in [0.1, 0.15) is 26.5 Å². The van der Waals surface area contributed by atoms with Gasteiger partial charge in [0.15, 0.2) is 0 Å². The molecule has 0 fully saturated rings. The van der Waals surface area contributed by atoms with E-state index >= 15 is 0 Å². The SMILES string of the molecule is COc1ccc(-c2c(C#N)c(N)nc3sc(C(N)=O)c(N)c23)c(C=Cc2ccccn2)c1Cl. The third kappa shape index (κ3) is 3.82. The number of amides is 1. The maximum absolute atomic E-state index is 11.9. The number of methoxy groups -OCH3 is 1. The Morgan fingerprint density at radius 1 is 1.24 bits per heavy atom. The van der Waals surface area contributed by atoms with Crippen LogP contribution in [0.4, 0.5) is 11.5 Å². The summed E-state index contributed by atoms with van der Waals surface area (Å²) in [6, 6.07) is 11.0. The van der Waals surface area contributed by atoms with Gasteiger partial charge in [-0.1, -0.05) is 23.7 Å². The molecule has 3 aromatic heterocycles. The molecule has 8 nitrogen and oxygen atoms in total. The number of carbonyl (C=O) groups is 1. The van der Waals surface area contributed by atoms with E-state index in [0.29, 0.717) is 43.4 Å². The van der Waals surface area contributed by atoms with Gasteiger partial charge in [-0.15, -0.1) is 11.3 Å². The number of nitrogens with zero attached hydrogens (tertiary/aromatic N) is 3. The number of ether oxygens (including phenoxy) is 1. The molecule has 10 heteroatoms. The number of nitriles is 1. The van der Waals surface area contributed by atoms with Gasteiger partial charge >= 0.3 is 0 Å². The predicted molar refractivity (Wildman–Crippen MR) is 132 cm³/mol. The van der Waals surface area contributed by atoms with Crippen LogP contribution in [0.15, 0.2) is 36.5 Å². The largest absolute Gasteiger partial charge is 0.495 e. The Hall–Kier alpha value is -4.13. The molecule has 0 saturated carbocycles. The van der Waals surface area contributed by atoms with Crippen LogP contribution >= 0.6 is 22.9 Å². The second-order valence-electron chi connectivity index (χ2n) is 6.88. The van der Waals surface area contributed by atoms with Crippen LogP contribution < -0.4 is 21.9 Å². The van der Waals surface area contributed by atoms with Crippen molar-refractivity contribution in [1.29, 1.82) is 5.26 Å². The van der Waals surface area contributed by atoms with Gasteiger partial charge in [0.2, 0.25) is 0 Å². The van der Waals surface area contributed by atoms with Crippen molar-refractivity contribution in [1.82, 2.24) is 9.97 Å². The first-order valence-corrected chi connectivity index (χ1v) is 10.7. The molecule has 0 radical (unpaired) electrons. The number of thiophene rings is 1. The van der Waals surface area contributed by atoms with E-state index in [0.717, 1.165) is 11.3 Å². The number of primary amides is 1. The zero-order chi connectivity index (χ0) is 23.7. The van der Waals surface area contributed by atoms with Gasteiger partial charge in [-0.25, -0.2) is 4.98 Å². The Morgan fingerprint density at radius 2 is 2.03 bits per heavy atom. The van der Waals surface area contributed by atoms with Crippen LogP contribution in [0, 0.1) is 11.3 Å². The highest BCUT2D eigenvalue weighted by atomic mass is 35.5. The van der Waals surface area contributed by atoms with Gasteiger partial charge in [0.25, 0.3) is 5.91 Å². The molecule has 164 valence electrons. The number of carbonyl (C=O) groups excluding carboxylic acids is 1. The highest BCUT2D eigenvalue weighted by Gasteiger charge is 2.25. The van der Waals surface area contributed by atoms with E-state index in [-0.39, 0.29) is 21.9 Å². The highest BCUT2D eigenvalue weighted by molar-refractivity contribution is 7.21. The summed E-state index contributed by atoms with van der Waals surface area (Å²) < 4.78 is 5.39. The summed E-state index contributed by atoms with van der Waals surface area (Å²) >= 11 is 7.70. The molecule has 0 bridgehead atoms. The fraction of sp³-hybridized carbons (Fsp3) is 0.0435. The molecular weight excluding hydrogens is 460 g/mol. The van der Waals surface area contributed by atoms with Crippen molar-refractivity contribution < 1.29 is 9.53 Å². The van der Waals surface area contributed by atoms with Gasteiger partial charge in [0.05, 0.1) is 23.5 Å². The molecule has 0 saturated heterocycles. The molecule has 0 spiro atoms. The quantitative estimate of drug-likeness (QED) is 0.387. The highest BCUT2D eigenvalue weighted by Crippen LogP contribution is 2.46. The number of fused-ring (bicyclic) bond motifs is 1. The number of anilines is 2. The first-order chi connectivity index (χ1) is 15.9. The Labute approximate surface area is 197 Å². The lowest BCUT2D eigenvalue weighted by Crippen LogP contribution is -2.10. The van der Waals surface area contributed by atoms with Crippen molar-refractivity contribution in [3.8, 4) is 22.9 Å². The minimum atomic E-state index is -0.693. The van der Waals surface area contributed by atoms with E-state index in [1.165, 1.54) is 7.11 Å². The average molecular weight is 477 g/mol. The molecule has 6 N–H and O–H groups in total. The summed E-state index contributed by atoms with van der Waals surface area (Å²) in [6.07, 6.45) is 5.22. The number of nitrogens with two attached hydrogens (primary N) is 3. The number of hydrogen-bond acceptors (Lipinski definition) is 8. The lowest BCUT2D eigenvalue weighted by atomic mass is 9.92. The van der Waals surface area contributed by atoms with Crippen molar-refractivity contribution in [3.05, 3.63) is 63.2 Å². The van der Waals surface area contributed by atoms with Crippen LogP contribution in [0.3, 0.4) is 0 Å². The smallest absolute Gasteiger partial charge is 0.260 e. The summed E-state index contributed by atoms with van der Waals surface area (Å²) in [5.74, 6) is -0.251. The lowest BCUT2D eigenvalue weighted by Gasteiger charge is -2.15. The summed E-state index contributed by atoms with van der Waals surface area (Å²) in [7, 11) is 1.51. The Morgan fingerprint density at radius 3 is 2.67 bits per heavy atom. The molecule has 0 aliphatic carbocycles. The first-order valence-electron chi connectivity index (χ1n) is 9.54. The molecule has 33 heavy (non-hydrogen) atoms. The third-order valence-electron chi connectivity index (χ3n) is 4.98. The fourth-order valence-corrected chi connectivity index (χ4v) is 4.76. The monoisotopic (exact) mass is 476 g/mol. The van der Waals surface area contributed by atoms with Crippen LogP contribution in [-0.2, 0) is 0 Å². The van der Waals surface area contributed by atoms with Crippen LogP contribution in [0.25, 0.3) is 33.5 Å². The standard InChI is InChI=1S/C23H17ClN6O2S/c1-32-15-8-7-12(13(18(15)24)6-5-11-4-2-3-9-29-11)16-14(10-25)21(27)30-23-17(16)19(26)20(33-23)22(28)31/h2-9H,26H2,1H3,(H2,27,30)(H2,28,31). The number of benzene rings is 1. The topological polar surface area (TPSA) is 154 Å². The molecule has 0 unspecified atom stereocenters. The molecule has 0 aliphatic heterocycles. The van der Waals surface area contributed by atoms with Crippen LogP contribution in [0.5, 0.6) is 5.75 Å². The zero-order valence-electron chi connectivity index (χ0n) is 17.3. The molecule has 0 atom stereocenters.